The summed E-state index contributed by atoms with van der Waals surface area (Å²) in [5, 5.41) is 12.2. The Morgan fingerprint density at radius 1 is 1.37 bits per heavy atom. The number of nitrogens with one attached hydrogen (secondary N) is 1. The second-order valence-corrected chi connectivity index (χ2v) is 5.79. The number of carbonyl (C=O) groups is 1. The number of carbonyl (C=O) groups excluding carboxylic acids is 1. The maximum absolute atomic E-state index is 12.4. The summed E-state index contributed by atoms with van der Waals surface area (Å²) >= 11 is 6.06. The molecule has 0 atom stereocenters. The zero-order valence-electron chi connectivity index (χ0n) is 11.0. The lowest BCUT2D eigenvalue weighted by Gasteiger charge is -2.32. The molecule has 0 unspecified atom stereocenters. The van der Waals surface area contributed by atoms with E-state index in [4.69, 9.17) is 16.9 Å². The van der Waals surface area contributed by atoms with Crippen LogP contribution in [-0.2, 0) is 4.79 Å². The number of nitriles is 1. The van der Waals surface area contributed by atoms with Crippen LogP contribution >= 0.6 is 11.6 Å². The van der Waals surface area contributed by atoms with Gasteiger partial charge in [-0.1, -0.05) is 37.8 Å². The van der Waals surface area contributed by atoms with E-state index in [-0.39, 0.29) is 11.3 Å². The predicted octanol–water partition coefficient (Wildman–Crippen LogP) is 4.12. The van der Waals surface area contributed by atoms with Crippen LogP contribution in [0.5, 0.6) is 0 Å². The molecule has 1 aliphatic rings. The summed E-state index contributed by atoms with van der Waals surface area (Å²) in [4.78, 5) is 12.4. The molecule has 0 radical (unpaired) electrons. The van der Waals surface area contributed by atoms with E-state index in [1.807, 2.05) is 13.0 Å². The molecule has 2 rings (SSSR count). The largest absolute Gasteiger partial charge is 0.324 e. The minimum atomic E-state index is -0.315. The van der Waals surface area contributed by atoms with Crippen LogP contribution in [0.25, 0.3) is 0 Å². The minimum absolute atomic E-state index is 0.00388. The normalized spacial score (nSPS) is 17.5. The van der Waals surface area contributed by atoms with Gasteiger partial charge >= 0.3 is 0 Å². The SMILES string of the molecule is CC1(C(=O)Nc2cc(C#N)ccc2Cl)CCCCC1. The van der Waals surface area contributed by atoms with E-state index in [0.29, 0.717) is 16.3 Å². The molecule has 1 amide bonds. The van der Waals surface area contributed by atoms with Crippen molar-refractivity contribution < 1.29 is 4.79 Å². The Morgan fingerprint density at radius 3 is 2.68 bits per heavy atom. The molecule has 4 heteroatoms. The minimum Gasteiger partial charge on any atom is -0.324 e. The summed E-state index contributed by atoms with van der Waals surface area (Å²) in [5.74, 6) is 0.00388. The van der Waals surface area contributed by atoms with Gasteiger partial charge in [0, 0.05) is 5.41 Å². The van der Waals surface area contributed by atoms with Crippen molar-refractivity contribution >= 4 is 23.2 Å². The molecule has 1 N–H and O–H groups in total. The molecule has 0 saturated heterocycles. The molecule has 1 aromatic rings. The van der Waals surface area contributed by atoms with Crippen molar-refractivity contribution in [2.24, 2.45) is 5.41 Å². The van der Waals surface area contributed by atoms with Gasteiger partial charge in [0.25, 0.3) is 0 Å². The molecule has 0 bridgehead atoms. The maximum Gasteiger partial charge on any atom is 0.230 e. The highest BCUT2D eigenvalue weighted by Gasteiger charge is 2.34. The average molecular weight is 277 g/mol. The molecule has 1 fully saturated rings. The lowest BCUT2D eigenvalue weighted by molar-refractivity contribution is -0.126. The van der Waals surface area contributed by atoms with E-state index in [0.717, 1.165) is 25.7 Å². The number of nitrogens with zero attached hydrogens (tertiary/aromatic N) is 1. The van der Waals surface area contributed by atoms with E-state index in [2.05, 4.69) is 5.32 Å². The Hall–Kier alpha value is -1.53. The van der Waals surface area contributed by atoms with Crippen molar-refractivity contribution in [2.75, 3.05) is 5.32 Å². The van der Waals surface area contributed by atoms with Crippen molar-refractivity contribution in [1.82, 2.24) is 0 Å². The van der Waals surface area contributed by atoms with Gasteiger partial charge < -0.3 is 5.32 Å². The Labute approximate surface area is 118 Å². The van der Waals surface area contributed by atoms with Crippen molar-refractivity contribution in [2.45, 2.75) is 39.0 Å². The lowest BCUT2D eigenvalue weighted by atomic mass is 9.75. The molecular weight excluding hydrogens is 260 g/mol. The van der Waals surface area contributed by atoms with Crippen molar-refractivity contribution in [3.63, 3.8) is 0 Å². The van der Waals surface area contributed by atoms with Crippen molar-refractivity contribution in [3.8, 4) is 6.07 Å². The second-order valence-electron chi connectivity index (χ2n) is 5.38. The van der Waals surface area contributed by atoms with E-state index in [1.165, 1.54) is 6.42 Å². The highest BCUT2D eigenvalue weighted by atomic mass is 35.5. The zero-order chi connectivity index (χ0) is 13.9. The fourth-order valence-corrected chi connectivity index (χ4v) is 2.69. The van der Waals surface area contributed by atoms with Crippen LogP contribution in [-0.4, -0.2) is 5.91 Å². The van der Waals surface area contributed by atoms with Crippen LogP contribution in [0.3, 0.4) is 0 Å². The van der Waals surface area contributed by atoms with Gasteiger partial charge in [-0.25, -0.2) is 0 Å². The first-order chi connectivity index (χ1) is 9.05. The Bertz CT molecular complexity index is 527. The van der Waals surface area contributed by atoms with E-state index in [1.54, 1.807) is 18.2 Å². The third-order valence-electron chi connectivity index (χ3n) is 3.85. The fourth-order valence-electron chi connectivity index (χ4n) is 2.52. The van der Waals surface area contributed by atoms with Gasteiger partial charge in [-0.15, -0.1) is 0 Å². The summed E-state index contributed by atoms with van der Waals surface area (Å²) < 4.78 is 0. The van der Waals surface area contributed by atoms with Gasteiger partial charge in [-0.3, -0.25) is 4.79 Å². The van der Waals surface area contributed by atoms with Gasteiger partial charge in [0.15, 0.2) is 0 Å². The molecule has 3 nitrogen and oxygen atoms in total. The number of hydrogen-bond donors (Lipinski definition) is 1. The Morgan fingerprint density at radius 2 is 2.05 bits per heavy atom. The quantitative estimate of drug-likeness (QED) is 0.883. The molecule has 0 aliphatic heterocycles. The van der Waals surface area contributed by atoms with Crippen molar-refractivity contribution in [3.05, 3.63) is 28.8 Å². The molecule has 19 heavy (non-hydrogen) atoms. The van der Waals surface area contributed by atoms with Crippen LogP contribution in [0.15, 0.2) is 18.2 Å². The van der Waals surface area contributed by atoms with Crippen LogP contribution in [0, 0.1) is 16.7 Å². The zero-order valence-corrected chi connectivity index (χ0v) is 11.8. The van der Waals surface area contributed by atoms with Gasteiger partial charge in [-0.2, -0.15) is 5.26 Å². The highest BCUT2D eigenvalue weighted by Crippen LogP contribution is 2.37. The van der Waals surface area contributed by atoms with E-state index < -0.39 is 0 Å². The van der Waals surface area contributed by atoms with E-state index >= 15 is 0 Å². The third kappa shape index (κ3) is 3.08. The van der Waals surface area contributed by atoms with Gasteiger partial charge in [-0.05, 0) is 31.0 Å². The number of hydrogen-bond acceptors (Lipinski definition) is 2. The molecule has 0 aromatic heterocycles. The van der Waals surface area contributed by atoms with Crippen LogP contribution in [0.4, 0.5) is 5.69 Å². The monoisotopic (exact) mass is 276 g/mol. The standard InChI is InChI=1S/C15H17ClN2O/c1-15(7-3-2-4-8-15)14(19)18-13-9-11(10-17)5-6-12(13)16/h5-6,9H,2-4,7-8H2,1H3,(H,18,19). The lowest BCUT2D eigenvalue weighted by Crippen LogP contribution is -2.35. The number of anilines is 1. The topological polar surface area (TPSA) is 52.9 Å². The summed E-state index contributed by atoms with van der Waals surface area (Å²) in [6, 6.07) is 6.94. The van der Waals surface area contributed by atoms with Crippen LogP contribution < -0.4 is 5.32 Å². The Balaban J connectivity index is 2.16. The second kappa shape index (κ2) is 5.63. The fraction of sp³-hybridized carbons (Fsp3) is 0.467. The molecule has 1 saturated carbocycles. The molecule has 1 aromatic carbocycles. The number of halogens is 1. The Kier molecular flexibility index (Phi) is 4.11. The molecular formula is C15H17ClN2O. The summed E-state index contributed by atoms with van der Waals surface area (Å²) in [5.41, 5.74) is 0.704. The molecule has 1 aliphatic carbocycles. The maximum atomic E-state index is 12.4. The molecule has 0 heterocycles. The van der Waals surface area contributed by atoms with Crippen LogP contribution in [0.1, 0.15) is 44.6 Å². The smallest absolute Gasteiger partial charge is 0.230 e. The third-order valence-corrected chi connectivity index (χ3v) is 4.18. The summed E-state index contributed by atoms with van der Waals surface area (Å²) in [6.07, 6.45) is 5.21. The first kappa shape index (κ1) is 13.9. The highest BCUT2D eigenvalue weighted by molar-refractivity contribution is 6.33. The molecule has 0 spiro atoms. The predicted molar refractivity (Wildman–Crippen MR) is 76.0 cm³/mol. The van der Waals surface area contributed by atoms with Gasteiger partial charge in [0.1, 0.15) is 0 Å². The first-order valence-electron chi connectivity index (χ1n) is 6.56. The van der Waals surface area contributed by atoms with Gasteiger partial charge in [0.05, 0.1) is 22.3 Å². The average Bonchev–Trinajstić information content (AvgIpc) is 2.42. The van der Waals surface area contributed by atoms with E-state index in [9.17, 15) is 4.79 Å². The first-order valence-corrected chi connectivity index (χ1v) is 6.94. The van der Waals surface area contributed by atoms with Crippen molar-refractivity contribution in [1.29, 1.82) is 5.26 Å². The summed E-state index contributed by atoms with van der Waals surface area (Å²) in [6.45, 7) is 2.00. The van der Waals surface area contributed by atoms with Gasteiger partial charge in [0.2, 0.25) is 5.91 Å². The number of benzene rings is 1. The summed E-state index contributed by atoms with van der Waals surface area (Å²) in [7, 11) is 0. The molecule has 100 valence electrons. The number of amides is 1. The number of rotatable bonds is 2. The van der Waals surface area contributed by atoms with Crippen LogP contribution in [0.2, 0.25) is 5.02 Å².